The van der Waals surface area contributed by atoms with Gasteiger partial charge in [-0.2, -0.15) is 5.10 Å². The van der Waals surface area contributed by atoms with Crippen LogP contribution in [-0.4, -0.2) is 33.9 Å². The van der Waals surface area contributed by atoms with Crippen LogP contribution in [-0.2, 0) is 10.2 Å². The third-order valence-electron chi connectivity index (χ3n) is 4.67. The fraction of sp³-hybridized carbons (Fsp3) is 0.391. The van der Waals surface area contributed by atoms with E-state index >= 15 is 0 Å². The van der Waals surface area contributed by atoms with Crippen molar-refractivity contribution < 1.29 is 24.7 Å². The summed E-state index contributed by atoms with van der Waals surface area (Å²) in [7, 11) is 0. The number of amides is 1. The second-order valence-electron chi connectivity index (χ2n) is 9.39. The molecule has 0 unspecified atom stereocenters. The summed E-state index contributed by atoms with van der Waals surface area (Å²) >= 11 is 0. The number of aromatic hydroxyl groups is 2. The number of hydrogen-bond acceptors (Lipinski definition) is 7. The van der Waals surface area contributed by atoms with Crippen LogP contribution in [0.15, 0.2) is 41.5 Å². The summed E-state index contributed by atoms with van der Waals surface area (Å²) in [6.07, 6.45) is 1.98. The molecule has 0 spiro atoms. The maximum absolute atomic E-state index is 12.0. The molecular weight excluding hydrogens is 414 g/mol. The minimum absolute atomic E-state index is 0.0185. The first-order chi connectivity index (χ1) is 14.8. The first-order valence-corrected chi connectivity index (χ1v) is 10.0. The molecule has 172 valence electrons. The molecule has 2 rings (SSSR count). The van der Waals surface area contributed by atoms with E-state index in [1.165, 1.54) is 30.3 Å². The summed E-state index contributed by atoms with van der Waals surface area (Å²) in [6.45, 7) is 9.92. The molecule has 0 saturated heterocycles. The van der Waals surface area contributed by atoms with Gasteiger partial charge in [0, 0.05) is 11.6 Å². The van der Waals surface area contributed by atoms with Crippen LogP contribution >= 0.6 is 0 Å². The second-order valence-corrected chi connectivity index (χ2v) is 9.39. The normalized spacial score (nSPS) is 12.0. The zero-order valence-corrected chi connectivity index (χ0v) is 18.9. The van der Waals surface area contributed by atoms with E-state index in [0.29, 0.717) is 0 Å². The van der Waals surface area contributed by atoms with E-state index in [0.717, 1.165) is 18.2 Å². The highest BCUT2D eigenvalue weighted by molar-refractivity contribution is 5.85. The highest BCUT2D eigenvalue weighted by Crippen LogP contribution is 2.39. The number of ether oxygens (including phenoxy) is 1. The van der Waals surface area contributed by atoms with Gasteiger partial charge < -0.3 is 14.9 Å². The number of nitrogens with zero attached hydrogens (tertiary/aromatic N) is 2. The summed E-state index contributed by atoms with van der Waals surface area (Å²) < 4.78 is 5.36. The van der Waals surface area contributed by atoms with Crippen molar-refractivity contribution in [2.45, 2.75) is 46.5 Å². The average Bonchev–Trinajstić information content (AvgIpc) is 2.67. The highest BCUT2D eigenvalue weighted by Gasteiger charge is 2.29. The summed E-state index contributed by atoms with van der Waals surface area (Å²) in [5.41, 5.74) is 2.76. The van der Waals surface area contributed by atoms with Gasteiger partial charge >= 0.3 is 5.69 Å². The number of carbonyl (C=O) groups is 1. The van der Waals surface area contributed by atoms with Crippen molar-refractivity contribution in [1.82, 2.24) is 5.43 Å². The zero-order valence-electron chi connectivity index (χ0n) is 18.9. The number of hydrazone groups is 1. The van der Waals surface area contributed by atoms with E-state index in [9.17, 15) is 25.1 Å². The third kappa shape index (κ3) is 6.97. The van der Waals surface area contributed by atoms with E-state index in [2.05, 4.69) is 31.3 Å². The SMILES string of the molecule is CC(C)(C)CC(C)(C)c1ccc(OCC(=O)N/N=C/c2cc(O)ccc2O)c([N+](=O)[O-])c1. The van der Waals surface area contributed by atoms with Crippen molar-refractivity contribution in [3.8, 4) is 17.2 Å². The van der Waals surface area contributed by atoms with Crippen molar-refractivity contribution in [1.29, 1.82) is 0 Å². The molecule has 9 heteroatoms. The van der Waals surface area contributed by atoms with Gasteiger partial charge in [0.2, 0.25) is 0 Å². The number of carbonyl (C=O) groups excluding carboxylic acids is 1. The van der Waals surface area contributed by atoms with Crippen LogP contribution in [0, 0.1) is 15.5 Å². The van der Waals surface area contributed by atoms with Crippen LogP contribution in [0.1, 0.15) is 52.2 Å². The standard InChI is InChI=1S/C23H29N3O6/c1-22(2,3)14-23(4,5)16-6-9-20(18(11-16)26(30)31)32-13-21(29)25-24-12-15-10-17(27)7-8-19(15)28/h6-12,27-28H,13-14H2,1-5H3,(H,25,29)/b24-12+. The van der Waals surface area contributed by atoms with Crippen LogP contribution < -0.4 is 10.2 Å². The lowest BCUT2D eigenvalue weighted by Gasteiger charge is -2.33. The number of nitrogens with one attached hydrogen (secondary N) is 1. The van der Waals surface area contributed by atoms with Crippen LogP contribution in [0.5, 0.6) is 17.2 Å². The fourth-order valence-electron chi connectivity index (χ4n) is 3.63. The monoisotopic (exact) mass is 443 g/mol. The van der Waals surface area contributed by atoms with Gasteiger partial charge in [0.05, 0.1) is 11.1 Å². The molecule has 0 aliphatic carbocycles. The Bertz CT molecular complexity index is 1020. The molecule has 32 heavy (non-hydrogen) atoms. The lowest BCUT2D eigenvalue weighted by atomic mass is 9.72. The average molecular weight is 444 g/mol. The Morgan fingerprint density at radius 3 is 2.47 bits per heavy atom. The maximum atomic E-state index is 12.0. The largest absolute Gasteiger partial charge is 0.508 e. The van der Waals surface area contributed by atoms with Crippen LogP contribution in [0.2, 0.25) is 0 Å². The summed E-state index contributed by atoms with van der Waals surface area (Å²) in [4.78, 5) is 23.0. The minimum atomic E-state index is -0.646. The van der Waals surface area contributed by atoms with Gasteiger partial charge in [-0.3, -0.25) is 14.9 Å². The number of rotatable bonds is 8. The van der Waals surface area contributed by atoms with E-state index in [-0.39, 0.29) is 39.3 Å². The summed E-state index contributed by atoms with van der Waals surface area (Å²) in [5.74, 6) is -0.857. The molecule has 0 radical (unpaired) electrons. The molecule has 0 bridgehead atoms. The predicted octanol–water partition coefficient (Wildman–Crippen LogP) is 4.25. The Hall–Kier alpha value is -3.62. The van der Waals surface area contributed by atoms with Crippen molar-refractivity contribution in [2.24, 2.45) is 10.5 Å². The van der Waals surface area contributed by atoms with Crippen molar-refractivity contribution in [3.05, 3.63) is 57.6 Å². The summed E-state index contributed by atoms with van der Waals surface area (Å²) in [6, 6.07) is 8.62. The smallest absolute Gasteiger partial charge is 0.311 e. The van der Waals surface area contributed by atoms with Crippen LogP contribution in [0.4, 0.5) is 5.69 Å². The fourth-order valence-corrected chi connectivity index (χ4v) is 3.63. The lowest BCUT2D eigenvalue weighted by Crippen LogP contribution is -2.26. The molecule has 0 saturated carbocycles. The molecule has 0 aromatic heterocycles. The first-order valence-electron chi connectivity index (χ1n) is 10.0. The van der Waals surface area contributed by atoms with Gasteiger partial charge in [0.25, 0.3) is 5.91 Å². The molecule has 9 nitrogen and oxygen atoms in total. The highest BCUT2D eigenvalue weighted by atomic mass is 16.6. The Kier molecular flexibility index (Phi) is 7.45. The number of hydrogen-bond donors (Lipinski definition) is 3. The zero-order chi connectivity index (χ0) is 24.1. The first kappa shape index (κ1) is 24.6. The van der Waals surface area contributed by atoms with Gasteiger partial charge in [0.15, 0.2) is 12.4 Å². The van der Waals surface area contributed by atoms with E-state index in [1.54, 1.807) is 6.07 Å². The topological polar surface area (TPSA) is 134 Å². The Balaban J connectivity index is 2.07. The Morgan fingerprint density at radius 2 is 1.84 bits per heavy atom. The van der Waals surface area contributed by atoms with Crippen molar-refractivity contribution >= 4 is 17.8 Å². The van der Waals surface area contributed by atoms with Gasteiger partial charge in [-0.25, -0.2) is 5.43 Å². The van der Waals surface area contributed by atoms with Crippen molar-refractivity contribution in [2.75, 3.05) is 6.61 Å². The van der Waals surface area contributed by atoms with Crippen LogP contribution in [0.25, 0.3) is 0 Å². The number of benzene rings is 2. The van der Waals surface area contributed by atoms with Gasteiger partial charge in [0.1, 0.15) is 11.5 Å². The Morgan fingerprint density at radius 1 is 1.16 bits per heavy atom. The molecule has 0 aliphatic heterocycles. The number of nitro groups is 1. The molecular formula is C23H29N3O6. The maximum Gasteiger partial charge on any atom is 0.311 e. The molecule has 0 atom stereocenters. The van der Waals surface area contributed by atoms with Crippen LogP contribution in [0.3, 0.4) is 0 Å². The predicted molar refractivity (Wildman–Crippen MR) is 121 cm³/mol. The van der Waals surface area contributed by atoms with E-state index < -0.39 is 17.4 Å². The number of nitro benzene ring substituents is 1. The molecule has 0 aliphatic rings. The van der Waals surface area contributed by atoms with Gasteiger partial charge in [-0.15, -0.1) is 0 Å². The molecule has 1 amide bonds. The molecule has 0 heterocycles. The number of phenolic OH excluding ortho intramolecular Hbond substituents is 2. The van der Waals surface area contributed by atoms with Gasteiger partial charge in [-0.1, -0.05) is 40.7 Å². The van der Waals surface area contributed by atoms with Gasteiger partial charge in [-0.05, 0) is 47.1 Å². The third-order valence-corrected chi connectivity index (χ3v) is 4.67. The quantitative estimate of drug-likeness (QED) is 0.242. The van der Waals surface area contributed by atoms with E-state index in [4.69, 9.17) is 4.74 Å². The molecule has 2 aromatic carbocycles. The minimum Gasteiger partial charge on any atom is -0.508 e. The number of phenols is 2. The Labute approximate surface area is 186 Å². The molecule has 0 fully saturated rings. The lowest BCUT2D eigenvalue weighted by molar-refractivity contribution is -0.385. The molecule has 3 N–H and O–H groups in total. The summed E-state index contributed by atoms with van der Waals surface area (Å²) in [5, 5.41) is 34.4. The molecule has 2 aromatic rings. The second kappa shape index (κ2) is 9.67. The van der Waals surface area contributed by atoms with E-state index in [1.807, 2.05) is 13.8 Å². The van der Waals surface area contributed by atoms with Crippen molar-refractivity contribution in [3.63, 3.8) is 0 Å².